The average Bonchev–Trinajstić information content (AvgIpc) is 3.27. The molecule has 0 radical (unpaired) electrons. The maximum Gasteiger partial charge on any atom is 0.123 e. The van der Waals surface area contributed by atoms with Gasteiger partial charge in [-0.3, -0.25) is 0 Å². The molecule has 12 aromatic rings. The van der Waals surface area contributed by atoms with Crippen molar-refractivity contribution in [3.05, 3.63) is 206 Å². The molecule has 0 atom stereocenters. The molecule has 0 N–H and O–H groups in total. The van der Waals surface area contributed by atoms with Gasteiger partial charge in [0.05, 0.1) is 0 Å². The number of hydrogen-bond acceptors (Lipinski definition) is 0. The standard InChI is InChI=1S/C56H33F/c57-46-24-16-36(17-25-46)47-26-18-40-23-31-52-49(28-20-41-22-30-50(47)55(40)56(41)52)45-9-3-7-43(33-45)35-12-10-34(11-13-35)42-6-2-8-44(32-42)48-27-19-39-15-14-37-4-1-5-38-21-29-51(48)54(39)53(37)38/h1-33H. The molecule has 0 heterocycles. The van der Waals surface area contributed by atoms with Crippen molar-refractivity contribution in [3.8, 4) is 55.6 Å². The Bertz CT molecular complexity index is 3490. The van der Waals surface area contributed by atoms with Crippen LogP contribution in [0.3, 0.4) is 0 Å². The molecule has 0 unspecified atom stereocenters. The van der Waals surface area contributed by atoms with E-state index in [4.69, 9.17) is 0 Å². The first-order valence-corrected chi connectivity index (χ1v) is 19.6. The van der Waals surface area contributed by atoms with Crippen molar-refractivity contribution in [2.45, 2.75) is 0 Å². The van der Waals surface area contributed by atoms with E-state index in [-0.39, 0.29) is 5.82 Å². The van der Waals surface area contributed by atoms with Crippen LogP contribution in [0.1, 0.15) is 0 Å². The Balaban J connectivity index is 0.901. The molecule has 264 valence electrons. The van der Waals surface area contributed by atoms with Crippen LogP contribution < -0.4 is 0 Å². The van der Waals surface area contributed by atoms with Gasteiger partial charge in [-0.1, -0.05) is 176 Å². The summed E-state index contributed by atoms with van der Waals surface area (Å²) < 4.78 is 13.8. The van der Waals surface area contributed by atoms with Crippen LogP contribution in [0.5, 0.6) is 0 Å². The lowest BCUT2D eigenvalue weighted by Gasteiger charge is -2.17. The fourth-order valence-corrected chi connectivity index (χ4v) is 9.51. The van der Waals surface area contributed by atoms with Crippen LogP contribution in [0.4, 0.5) is 4.39 Å². The Labute approximate surface area is 329 Å². The number of benzene rings is 12. The van der Waals surface area contributed by atoms with Crippen molar-refractivity contribution in [1.29, 1.82) is 0 Å². The van der Waals surface area contributed by atoms with Gasteiger partial charge in [-0.25, -0.2) is 4.39 Å². The third-order valence-corrected chi connectivity index (χ3v) is 12.2. The van der Waals surface area contributed by atoms with E-state index in [9.17, 15) is 4.39 Å². The first-order valence-electron chi connectivity index (χ1n) is 19.6. The van der Waals surface area contributed by atoms with Crippen LogP contribution in [-0.2, 0) is 0 Å². The molecule has 0 nitrogen and oxygen atoms in total. The molecule has 0 spiro atoms. The highest BCUT2D eigenvalue weighted by atomic mass is 19.1. The third kappa shape index (κ3) is 4.99. The van der Waals surface area contributed by atoms with Crippen LogP contribution in [0.15, 0.2) is 200 Å². The van der Waals surface area contributed by atoms with Crippen molar-refractivity contribution >= 4 is 64.6 Å². The summed E-state index contributed by atoms with van der Waals surface area (Å²) in [6.45, 7) is 0. The summed E-state index contributed by atoms with van der Waals surface area (Å²) in [5.41, 5.74) is 11.8. The second-order valence-electron chi connectivity index (χ2n) is 15.4. The topological polar surface area (TPSA) is 0 Å². The summed E-state index contributed by atoms with van der Waals surface area (Å²) in [5, 5.41) is 15.2. The molecule has 0 amide bonds. The molecular weight excluding hydrogens is 692 g/mol. The molecule has 0 fully saturated rings. The number of hydrogen-bond donors (Lipinski definition) is 0. The SMILES string of the molecule is Fc1ccc(-c2ccc3ccc4c(-c5cccc(-c6ccc(-c7cccc(-c8ccc9ccc%10cccc%11ccc8c9c%10%11)c7)cc6)c5)ccc5ccc2c3c54)cc1. The normalized spacial score (nSPS) is 11.9. The summed E-state index contributed by atoms with van der Waals surface area (Å²) in [7, 11) is 0. The minimum absolute atomic E-state index is 0.221. The van der Waals surface area contributed by atoms with Gasteiger partial charge in [0.15, 0.2) is 0 Å². The third-order valence-electron chi connectivity index (χ3n) is 12.2. The zero-order valence-electron chi connectivity index (χ0n) is 30.9. The Morgan fingerprint density at radius 1 is 0.228 bits per heavy atom. The lowest BCUT2D eigenvalue weighted by molar-refractivity contribution is 0.628. The second-order valence-corrected chi connectivity index (χ2v) is 15.4. The fraction of sp³-hybridized carbons (Fsp3) is 0. The monoisotopic (exact) mass is 724 g/mol. The fourth-order valence-electron chi connectivity index (χ4n) is 9.51. The van der Waals surface area contributed by atoms with Crippen LogP contribution in [0.25, 0.3) is 120 Å². The maximum absolute atomic E-state index is 13.8. The summed E-state index contributed by atoms with van der Waals surface area (Å²) >= 11 is 0. The molecule has 0 aromatic heterocycles. The highest BCUT2D eigenvalue weighted by molar-refractivity contribution is 6.28. The van der Waals surface area contributed by atoms with Gasteiger partial charge in [0.1, 0.15) is 5.82 Å². The Kier molecular flexibility index (Phi) is 6.91. The van der Waals surface area contributed by atoms with Gasteiger partial charge in [-0.15, -0.1) is 0 Å². The van der Waals surface area contributed by atoms with E-state index in [1.807, 2.05) is 12.1 Å². The van der Waals surface area contributed by atoms with Crippen molar-refractivity contribution in [2.75, 3.05) is 0 Å². The minimum atomic E-state index is -0.221. The zero-order chi connectivity index (χ0) is 37.6. The molecule has 12 rings (SSSR count). The quantitative estimate of drug-likeness (QED) is 0.155. The first kappa shape index (κ1) is 31.9. The first-order chi connectivity index (χ1) is 28.1. The lowest BCUT2D eigenvalue weighted by Crippen LogP contribution is -1.90. The summed E-state index contributed by atoms with van der Waals surface area (Å²) in [6.07, 6.45) is 0. The van der Waals surface area contributed by atoms with E-state index in [2.05, 4.69) is 176 Å². The molecule has 0 bridgehead atoms. The lowest BCUT2D eigenvalue weighted by atomic mass is 9.87. The van der Waals surface area contributed by atoms with Crippen LogP contribution in [0.2, 0.25) is 0 Å². The van der Waals surface area contributed by atoms with Gasteiger partial charge in [0.2, 0.25) is 0 Å². The molecule has 0 saturated carbocycles. The van der Waals surface area contributed by atoms with Gasteiger partial charge in [0, 0.05) is 0 Å². The number of halogens is 1. The largest absolute Gasteiger partial charge is 0.207 e. The molecule has 12 aromatic carbocycles. The van der Waals surface area contributed by atoms with Gasteiger partial charge in [-0.05, 0) is 145 Å². The van der Waals surface area contributed by atoms with Crippen LogP contribution >= 0.6 is 0 Å². The summed E-state index contributed by atoms with van der Waals surface area (Å²) in [4.78, 5) is 0. The highest BCUT2D eigenvalue weighted by Crippen LogP contribution is 2.44. The zero-order valence-corrected chi connectivity index (χ0v) is 30.9. The van der Waals surface area contributed by atoms with Crippen molar-refractivity contribution in [3.63, 3.8) is 0 Å². The Morgan fingerprint density at radius 2 is 0.561 bits per heavy atom. The van der Waals surface area contributed by atoms with E-state index in [0.717, 1.165) is 11.1 Å². The molecular formula is C56H33F. The van der Waals surface area contributed by atoms with Crippen LogP contribution in [0, 0.1) is 5.82 Å². The van der Waals surface area contributed by atoms with Crippen molar-refractivity contribution < 1.29 is 4.39 Å². The molecule has 0 aliphatic rings. The van der Waals surface area contributed by atoms with E-state index < -0.39 is 0 Å². The van der Waals surface area contributed by atoms with Crippen molar-refractivity contribution in [1.82, 2.24) is 0 Å². The van der Waals surface area contributed by atoms with Crippen molar-refractivity contribution in [2.24, 2.45) is 0 Å². The van der Waals surface area contributed by atoms with Crippen LogP contribution in [-0.4, -0.2) is 0 Å². The van der Waals surface area contributed by atoms with Gasteiger partial charge in [0.25, 0.3) is 0 Å². The second kappa shape index (κ2) is 12.3. The molecule has 0 aliphatic carbocycles. The minimum Gasteiger partial charge on any atom is -0.207 e. The maximum atomic E-state index is 13.8. The number of rotatable bonds is 5. The van der Waals surface area contributed by atoms with Gasteiger partial charge < -0.3 is 0 Å². The van der Waals surface area contributed by atoms with E-state index >= 15 is 0 Å². The summed E-state index contributed by atoms with van der Waals surface area (Å²) in [5.74, 6) is -0.221. The Morgan fingerprint density at radius 3 is 1.04 bits per heavy atom. The predicted molar refractivity (Wildman–Crippen MR) is 241 cm³/mol. The molecule has 0 aliphatic heterocycles. The smallest absolute Gasteiger partial charge is 0.123 e. The Hall–Kier alpha value is -7.35. The van der Waals surface area contributed by atoms with E-state index in [0.29, 0.717) is 0 Å². The molecule has 1 heteroatoms. The van der Waals surface area contributed by atoms with Gasteiger partial charge >= 0.3 is 0 Å². The van der Waals surface area contributed by atoms with E-state index in [1.54, 1.807) is 12.1 Å². The highest BCUT2D eigenvalue weighted by Gasteiger charge is 2.16. The van der Waals surface area contributed by atoms with Gasteiger partial charge in [-0.2, -0.15) is 0 Å². The molecule has 0 saturated heterocycles. The predicted octanol–water partition coefficient (Wildman–Crippen LogP) is 16.0. The van der Waals surface area contributed by atoms with E-state index in [1.165, 1.54) is 109 Å². The summed E-state index contributed by atoms with van der Waals surface area (Å²) in [6, 6.07) is 71.7. The molecule has 57 heavy (non-hydrogen) atoms. The average molecular weight is 725 g/mol.